The molecule has 0 aromatic heterocycles. The lowest BCUT2D eigenvalue weighted by molar-refractivity contribution is 0.385. The van der Waals surface area contributed by atoms with E-state index in [1.54, 1.807) is 6.07 Å². The molecule has 0 N–H and O–H groups in total. The topological polar surface area (TPSA) is 9.23 Å². The van der Waals surface area contributed by atoms with Crippen molar-refractivity contribution in [3.8, 4) is 5.75 Å². The maximum absolute atomic E-state index is 13.6. The molecule has 0 aliphatic heterocycles. The van der Waals surface area contributed by atoms with E-state index in [1.807, 2.05) is 6.07 Å². The molecule has 3 rings (SSSR count). The molecule has 3 heteroatoms. The first kappa shape index (κ1) is 11.3. The molecule has 2 aliphatic carbocycles. The Morgan fingerprint density at radius 3 is 2.59 bits per heavy atom. The first-order valence-electron chi connectivity index (χ1n) is 6.16. The van der Waals surface area contributed by atoms with E-state index in [2.05, 4.69) is 0 Å². The molecule has 2 aliphatic rings. The molecule has 0 radical (unpaired) electrons. The lowest BCUT2D eigenvalue weighted by atomic mass is 9.94. The van der Waals surface area contributed by atoms with Gasteiger partial charge in [0.25, 0.3) is 0 Å². The van der Waals surface area contributed by atoms with Crippen molar-refractivity contribution in [3.05, 3.63) is 29.6 Å². The third kappa shape index (κ3) is 2.03. The predicted molar refractivity (Wildman–Crippen MR) is 65.9 cm³/mol. The lowest BCUT2D eigenvalue weighted by Gasteiger charge is -2.19. The smallest absolute Gasteiger partial charge is 0.165 e. The van der Waals surface area contributed by atoms with E-state index in [-0.39, 0.29) is 16.9 Å². The highest BCUT2D eigenvalue weighted by Gasteiger charge is 2.47. The standard InChI is InChI=1S/C14H16ClFO/c1-17-13-3-2-8(7-12(13)16)14(15)11-5-9-4-10(9)6-11/h2-3,7,9-11,14H,4-6H2,1H3. The average molecular weight is 255 g/mol. The van der Waals surface area contributed by atoms with Crippen LogP contribution in [0.5, 0.6) is 5.75 Å². The molecule has 2 fully saturated rings. The van der Waals surface area contributed by atoms with Crippen molar-refractivity contribution in [2.24, 2.45) is 17.8 Å². The summed E-state index contributed by atoms with van der Waals surface area (Å²) in [7, 11) is 1.47. The summed E-state index contributed by atoms with van der Waals surface area (Å²) in [4.78, 5) is 0. The summed E-state index contributed by atoms with van der Waals surface area (Å²) in [6.45, 7) is 0. The van der Waals surface area contributed by atoms with Crippen molar-refractivity contribution in [2.45, 2.75) is 24.6 Å². The number of benzene rings is 1. The van der Waals surface area contributed by atoms with Gasteiger partial charge in [0.05, 0.1) is 12.5 Å². The molecule has 3 atom stereocenters. The third-order valence-corrected chi connectivity index (χ3v) is 4.80. The van der Waals surface area contributed by atoms with Crippen LogP contribution in [0.1, 0.15) is 30.2 Å². The van der Waals surface area contributed by atoms with Crippen molar-refractivity contribution in [1.82, 2.24) is 0 Å². The van der Waals surface area contributed by atoms with Crippen LogP contribution >= 0.6 is 11.6 Å². The Morgan fingerprint density at radius 2 is 2.00 bits per heavy atom. The van der Waals surface area contributed by atoms with Gasteiger partial charge in [-0.05, 0) is 54.7 Å². The molecule has 1 aromatic rings. The fourth-order valence-corrected chi connectivity index (χ4v) is 3.47. The van der Waals surface area contributed by atoms with Gasteiger partial charge < -0.3 is 4.74 Å². The molecule has 1 nitrogen and oxygen atoms in total. The van der Waals surface area contributed by atoms with Gasteiger partial charge in [0.2, 0.25) is 0 Å². The van der Waals surface area contributed by atoms with Gasteiger partial charge in [0.1, 0.15) is 0 Å². The monoisotopic (exact) mass is 254 g/mol. The van der Waals surface area contributed by atoms with Gasteiger partial charge in [0.15, 0.2) is 11.6 Å². The van der Waals surface area contributed by atoms with Crippen molar-refractivity contribution in [1.29, 1.82) is 0 Å². The second-order valence-electron chi connectivity index (χ2n) is 5.28. The summed E-state index contributed by atoms with van der Waals surface area (Å²) >= 11 is 6.46. The van der Waals surface area contributed by atoms with Crippen LogP contribution in [0.3, 0.4) is 0 Å². The summed E-state index contributed by atoms with van der Waals surface area (Å²) in [6, 6.07) is 5.06. The molecule has 0 heterocycles. The Hall–Kier alpha value is -0.760. The van der Waals surface area contributed by atoms with Crippen molar-refractivity contribution >= 4 is 11.6 Å². The van der Waals surface area contributed by atoms with Crippen LogP contribution in [0.4, 0.5) is 4.39 Å². The first-order valence-corrected chi connectivity index (χ1v) is 6.60. The van der Waals surface area contributed by atoms with Crippen LogP contribution in [0.15, 0.2) is 18.2 Å². The van der Waals surface area contributed by atoms with E-state index >= 15 is 0 Å². The highest BCUT2D eigenvalue weighted by molar-refractivity contribution is 6.21. The van der Waals surface area contributed by atoms with Crippen LogP contribution in [0.25, 0.3) is 0 Å². The zero-order valence-corrected chi connectivity index (χ0v) is 10.6. The number of methoxy groups -OCH3 is 1. The molecule has 0 bridgehead atoms. The highest BCUT2D eigenvalue weighted by Crippen LogP contribution is 2.58. The summed E-state index contributed by atoms with van der Waals surface area (Å²) in [5, 5.41) is -0.0526. The molecule has 1 aromatic carbocycles. The summed E-state index contributed by atoms with van der Waals surface area (Å²) in [6.07, 6.45) is 3.82. The van der Waals surface area contributed by atoms with Crippen LogP contribution in [-0.2, 0) is 0 Å². The largest absolute Gasteiger partial charge is 0.494 e. The van der Waals surface area contributed by atoms with Crippen LogP contribution in [0, 0.1) is 23.6 Å². The number of hydrogen-bond acceptors (Lipinski definition) is 1. The van der Waals surface area contributed by atoms with Crippen LogP contribution in [0.2, 0.25) is 0 Å². The fraction of sp³-hybridized carbons (Fsp3) is 0.571. The van der Waals surface area contributed by atoms with E-state index in [1.165, 1.54) is 32.4 Å². The number of alkyl halides is 1. The number of hydrogen-bond donors (Lipinski definition) is 0. The van der Waals surface area contributed by atoms with Gasteiger partial charge in [-0.15, -0.1) is 11.6 Å². The van der Waals surface area contributed by atoms with Gasteiger partial charge in [-0.1, -0.05) is 6.07 Å². The van der Waals surface area contributed by atoms with Crippen molar-refractivity contribution in [3.63, 3.8) is 0 Å². The van der Waals surface area contributed by atoms with E-state index in [0.29, 0.717) is 5.92 Å². The Morgan fingerprint density at radius 1 is 1.29 bits per heavy atom. The summed E-state index contributed by atoms with van der Waals surface area (Å²) in [5.74, 6) is 2.30. The second kappa shape index (κ2) is 4.16. The van der Waals surface area contributed by atoms with E-state index in [0.717, 1.165) is 17.4 Å². The number of rotatable bonds is 3. The zero-order valence-electron chi connectivity index (χ0n) is 9.83. The number of fused-ring (bicyclic) bond motifs is 1. The maximum atomic E-state index is 13.6. The van der Waals surface area contributed by atoms with Gasteiger partial charge in [-0.3, -0.25) is 0 Å². The Bertz CT molecular complexity index is 424. The van der Waals surface area contributed by atoms with Crippen LogP contribution < -0.4 is 4.74 Å². The van der Waals surface area contributed by atoms with Gasteiger partial charge in [0, 0.05) is 0 Å². The molecule has 0 spiro atoms. The zero-order chi connectivity index (χ0) is 12.0. The Kier molecular flexibility index (Phi) is 2.78. The quantitative estimate of drug-likeness (QED) is 0.736. The summed E-state index contributed by atoms with van der Waals surface area (Å²) < 4.78 is 18.5. The lowest BCUT2D eigenvalue weighted by Crippen LogP contribution is -2.06. The Labute approximate surface area is 106 Å². The molecular formula is C14H16ClFO. The predicted octanol–water partition coefficient (Wildman–Crippen LogP) is 4.16. The summed E-state index contributed by atoms with van der Waals surface area (Å²) in [5.41, 5.74) is 0.885. The normalized spacial score (nSPS) is 32.1. The third-order valence-electron chi connectivity index (χ3n) is 4.19. The maximum Gasteiger partial charge on any atom is 0.165 e. The fourth-order valence-electron chi connectivity index (χ4n) is 3.13. The SMILES string of the molecule is COc1ccc(C(Cl)C2CC3CC3C2)cc1F. The van der Waals surface area contributed by atoms with E-state index < -0.39 is 0 Å². The molecule has 92 valence electrons. The van der Waals surface area contributed by atoms with Gasteiger partial charge in [-0.25, -0.2) is 4.39 Å². The molecule has 2 saturated carbocycles. The molecule has 3 unspecified atom stereocenters. The highest BCUT2D eigenvalue weighted by atomic mass is 35.5. The van der Waals surface area contributed by atoms with Crippen LogP contribution in [-0.4, -0.2) is 7.11 Å². The minimum atomic E-state index is -0.321. The van der Waals surface area contributed by atoms with Gasteiger partial charge >= 0.3 is 0 Å². The first-order chi connectivity index (χ1) is 8.19. The molecule has 0 amide bonds. The molecule has 0 saturated heterocycles. The Balaban J connectivity index is 1.76. The van der Waals surface area contributed by atoms with E-state index in [9.17, 15) is 4.39 Å². The average Bonchev–Trinajstić information content (AvgIpc) is 2.95. The minimum absolute atomic E-state index is 0.0526. The molecular weight excluding hydrogens is 239 g/mol. The molecule has 17 heavy (non-hydrogen) atoms. The number of ether oxygens (including phenoxy) is 1. The minimum Gasteiger partial charge on any atom is -0.494 e. The van der Waals surface area contributed by atoms with Gasteiger partial charge in [-0.2, -0.15) is 0 Å². The van der Waals surface area contributed by atoms with Crippen molar-refractivity contribution in [2.75, 3.05) is 7.11 Å². The van der Waals surface area contributed by atoms with Crippen molar-refractivity contribution < 1.29 is 9.13 Å². The number of halogens is 2. The van der Waals surface area contributed by atoms with E-state index in [4.69, 9.17) is 16.3 Å². The second-order valence-corrected chi connectivity index (χ2v) is 5.75.